The maximum absolute atomic E-state index is 12.8. The fourth-order valence-corrected chi connectivity index (χ4v) is 3.44. The van der Waals surface area contributed by atoms with Crippen molar-refractivity contribution in [2.24, 2.45) is 23.2 Å². The molecular formula is C22H30N8O4. The Kier molecular flexibility index (Phi) is 7.56. The van der Waals surface area contributed by atoms with Crippen LogP contribution < -0.4 is 28.5 Å². The maximum Gasteiger partial charge on any atom is 0.334 e. The van der Waals surface area contributed by atoms with E-state index in [4.69, 9.17) is 28.3 Å². The monoisotopic (exact) mass is 470 g/mol. The number of pyridine rings is 1. The van der Waals surface area contributed by atoms with Gasteiger partial charge in [0.2, 0.25) is 0 Å². The molecule has 0 aliphatic heterocycles. The molecule has 3 rings (SSSR count). The van der Waals surface area contributed by atoms with E-state index in [1.807, 2.05) is 0 Å². The van der Waals surface area contributed by atoms with Gasteiger partial charge in [-0.25, -0.2) is 21.5 Å². The van der Waals surface area contributed by atoms with Gasteiger partial charge in [-0.1, -0.05) is 0 Å². The summed E-state index contributed by atoms with van der Waals surface area (Å²) in [6, 6.07) is 3.22. The number of allylic oxidation sites excluding steroid dienone is 2. The molecular weight excluding hydrogens is 440 g/mol. The molecule has 1 aromatic rings. The van der Waals surface area contributed by atoms with Crippen molar-refractivity contribution < 1.29 is 19.8 Å². The molecule has 0 aromatic carbocycles. The smallest absolute Gasteiger partial charge is 0.334 e. The second-order valence-electron chi connectivity index (χ2n) is 8.27. The molecule has 1 aromatic heterocycles. The number of carboxylic acids is 1. The summed E-state index contributed by atoms with van der Waals surface area (Å²) in [7, 11) is 1.60. The maximum atomic E-state index is 12.8. The van der Waals surface area contributed by atoms with E-state index >= 15 is 0 Å². The van der Waals surface area contributed by atoms with Crippen LogP contribution in [0.4, 0.5) is 0 Å². The summed E-state index contributed by atoms with van der Waals surface area (Å²) in [5, 5.41) is 24.6. The fraction of sp³-hybridized carbons (Fsp3) is 0.318. The molecule has 34 heavy (non-hydrogen) atoms. The van der Waals surface area contributed by atoms with E-state index in [2.05, 4.69) is 10.3 Å². The lowest BCUT2D eigenvalue weighted by Crippen LogP contribution is -2.39. The normalized spacial score (nSPS) is 19.0. The van der Waals surface area contributed by atoms with Crippen molar-refractivity contribution in [3.63, 3.8) is 0 Å². The number of amides is 1. The van der Waals surface area contributed by atoms with E-state index < -0.39 is 12.1 Å². The fourth-order valence-electron chi connectivity index (χ4n) is 3.44. The van der Waals surface area contributed by atoms with E-state index in [-0.39, 0.29) is 41.0 Å². The van der Waals surface area contributed by atoms with Crippen molar-refractivity contribution in [3.05, 3.63) is 64.9 Å². The number of carbonyl (C=O) groups is 2. The quantitative estimate of drug-likeness (QED) is 0.190. The largest absolute Gasteiger partial charge is 0.478 e. The Labute approximate surface area is 196 Å². The number of nitrogens with one attached hydrogen (secondary N) is 1. The summed E-state index contributed by atoms with van der Waals surface area (Å²) < 4.78 is 0. The molecule has 2 aliphatic rings. The molecule has 0 spiro atoms. The van der Waals surface area contributed by atoms with Crippen LogP contribution in [-0.4, -0.2) is 56.3 Å². The van der Waals surface area contributed by atoms with Crippen LogP contribution in [0, 0.1) is 0 Å². The summed E-state index contributed by atoms with van der Waals surface area (Å²) in [4.78, 5) is 28.4. The lowest BCUT2D eigenvalue weighted by molar-refractivity contribution is -0.133. The molecule has 0 bridgehead atoms. The molecule has 12 heteroatoms. The molecule has 182 valence electrons. The van der Waals surface area contributed by atoms with Gasteiger partial charge in [0.25, 0.3) is 5.91 Å². The number of aromatic nitrogens is 1. The van der Waals surface area contributed by atoms with Gasteiger partial charge < -0.3 is 32.0 Å². The first-order chi connectivity index (χ1) is 16.0. The van der Waals surface area contributed by atoms with Crippen molar-refractivity contribution in [2.45, 2.75) is 37.8 Å². The van der Waals surface area contributed by atoms with Crippen molar-refractivity contribution in [1.29, 1.82) is 0 Å². The minimum Gasteiger partial charge on any atom is -0.478 e. The topological polar surface area (TPSA) is 210 Å². The summed E-state index contributed by atoms with van der Waals surface area (Å²) in [6.07, 6.45) is 7.30. The van der Waals surface area contributed by atoms with Crippen molar-refractivity contribution in [2.75, 3.05) is 7.05 Å². The number of nitrogens with zero attached hydrogens (tertiary/aromatic N) is 3. The van der Waals surface area contributed by atoms with E-state index in [0.29, 0.717) is 17.0 Å². The third-order valence-corrected chi connectivity index (χ3v) is 5.54. The average molecular weight is 471 g/mol. The Hall–Kier alpha value is -3.87. The molecule has 2 aliphatic carbocycles. The summed E-state index contributed by atoms with van der Waals surface area (Å²) in [6.45, 7) is 0. The van der Waals surface area contributed by atoms with E-state index in [1.54, 1.807) is 13.1 Å². The SMILES string of the molecule is CN(N)/C=C(\N)c1cc(C(=O)NC2CCC2)cc(/C(N)=C/N(N)C2=CC=C(C(=O)O)C(O)C2)n1. The molecule has 1 atom stereocenters. The first-order valence-electron chi connectivity index (χ1n) is 10.7. The number of hydrazine groups is 2. The Morgan fingerprint density at radius 1 is 1.12 bits per heavy atom. The molecule has 1 amide bonds. The molecule has 1 unspecified atom stereocenters. The average Bonchev–Trinajstić information content (AvgIpc) is 2.74. The summed E-state index contributed by atoms with van der Waals surface area (Å²) in [5.41, 5.74) is 13.9. The van der Waals surface area contributed by atoms with Gasteiger partial charge in [-0.3, -0.25) is 9.80 Å². The second-order valence-corrected chi connectivity index (χ2v) is 8.27. The molecule has 0 radical (unpaired) electrons. The lowest BCUT2D eigenvalue weighted by atomic mass is 9.93. The summed E-state index contributed by atoms with van der Waals surface area (Å²) >= 11 is 0. The number of rotatable bonds is 8. The third-order valence-electron chi connectivity index (χ3n) is 5.54. The molecule has 1 saturated carbocycles. The highest BCUT2D eigenvalue weighted by Crippen LogP contribution is 2.23. The summed E-state index contributed by atoms with van der Waals surface area (Å²) in [5.74, 6) is 10.2. The van der Waals surface area contributed by atoms with Gasteiger partial charge >= 0.3 is 5.97 Å². The van der Waals surface area contributed by atoms with Gasteiger partial charge in [0.15, 0.2) is 0 Å². The van der Waals surface area contributed by atoms with E-state index in [0.717, 1.165) is 19.3 Å². The standard InChI is InChI=1S/C22H30N8O4/c1-29(25)10-16(23)18-7-12(21(32)27-13-3-2-4-13)8-19(28-18)17(24)11-30(26)14-5-6-15(22(33)34)20(31)9-14/h5-8,10-11,13,20,31H,2-4,9,23-26H2,1H3,(H,27,32)(H,33,34)/b16-10-,17-11-. The molecule has 12 nitrogen and oxygen atoms in total. The Balaban J connectivity index is 1.93. The molecule has 11 N–H and O–H groups in total. The predicted octanol–water partition coefficient (Wildman–Crippen LogP) is -0.481. The predicted molar refractivity (Wildman–Crippen MR) is 126 cm³/mol. The Bertz CT molecular complexity index is 1090. The highest BCUT2D eigenvalue weighted by atomic mass is 16.4. The highest BCUT2D eigenvalue weighted by molar-refractivity contribution is 5.95. The van der Waals surface area contributed by atoms with E-state index in [9.17, 15) is 14.7 Å². The molecule has 1 fully saturated rings. The van der Waals surface area contributed by atoms with Crippen LogP contribution in [0.3, 0.4) is 0 Å². The van der Waals surface area contributed by atoms with Crippen LogP contribution in [0.15, 0.2) is 48.0 Å². The minimum absolute atomic E-state index is 0.0144. The zero-order valence-electron chi connectivity index (χ0n) is 18.8. The number of hydrogen-bond acceptors (Lipinski definition) is 10. The van der Waals surface area contributed by atoms with Crippen molar-refractivity contribution in [1.82, 2.24) is 20.3 Å². The second kappa shape index (κ2) is 10.4. The van der Waals surface area contributed by atoms with Crippen LogP contribution in [-0.2, 0) is 4.79 Å². The van der Waals surface area contributed by atoms with Crippen LogP contribution in [0.5, 0.6) is 0 Å². The Morgan fingerprint density at radius 3 is 2.24 bits per heavy atom. The molecule has 0 saturated heterocycles. The number of carbonyl (C=O) groups excluding carboxylic acids is 1. The molecule has 1 heterocycles. The van der Waals surface area contributed by atoms with Gasteiger partial charge in [0.05, 0.1) is 34.5 Å². The number of aliphatic hydroxyl groups excluding tert-OH is 1. The van der Waals surface area contributed by atoms with Crippen LogP contribution in [0.25, 0.3) is 11.4 Å². The van der Waals surface area contributed by atoms with Gasteiger partial charge in [-0.2, -0.15) is 0 Å². The van der Waals surface area contributed by atoms with Gasteiger partial charge in [0, 0.05) is 43.2 Å². The van der Waals surface area contributed by atoms with Gasteiger partial charge in [0.1, 0.15) is 0 Å². The van der Waals surface area contributed by atoms with Crippen LogP contribution in [0.2, 0.25) is 0 Å². The first-order valence-corrected chi connectivity index (χ1v) is 10.7. The Morgan fingerprint density at radius 2 is 1.74 bits per heavy atom. The number of aliphatic carboxylic acids is 1. The number of aliphatic hydroxyl groups is 1. The van der Waals surface area contributed by atoms with Crippen LogP contribution in [0.1, 0.15) is 47.4 Å². The first kappa shape index (κ1) is 24.8. The third kappa shape index (κ3) is 5.92. The minimum atomic E-state index is -1.21. The number of carboxylic acid groups (broad SMARTS) is 1. The lowest BCUT2D eigenvalue weighted by Gasteiger charge is -2.26. The number of hydrogen-bond donors (Lipinski definition) is 7. The highest BCUT2D eigenvalue weighted by Gasteiger charge is 2.24. The van der Waals surface area contributed by atoms with E-state index in [1.165, 1.54) is 40.6 Å². The number of nitrogens with two attached hydrogens (primary N) is 4. The van der Waals surface area contributed by atoms with Crippen molar-refractivity contribution in [3.8, 4) is 0 Å². The zero-order chi connectivity index (χ0) is 25.0. The van der Waals surface area contributed by atoms with Crippen molar-refractivity contribution >= 4 is 23.3 Å². The van der Waals surface area contributed by atoms with Gasteiger partial charge in [-0.05, 0) is 43.5 Å². The van der Waals surface area contributed by atoms with Crippen LogP contribution >= 0.6 is 0 Å². The van der Waals surface area contributed by atoms with Gasteiger partial charge in [-0.15, -0.1) is 0 Å². The zero-order valence-corrected chi connectivity index (χ0v) is 18.8.